The van der Waals surface area contributed by atoms with Crippen LogP contribution in [0.2, 0.25) is 0 Å². The molecule has 0 saturated heterocycles. The van der Waals surface area contributed by atoms with E-state index in [4.69, 9.17) is 19.2 Å². The van der Waals surface area contributed by atoms with Gasteiger partial charge in [0.05, 0.1) is 0 Å². The first kappa shape index (κ1) is 69.4. The molecule has 0 amide bonds. The van der Waals surface area contributed by atoms with Crippen LogP contribution < -0.4 is 0 Å². The second-order valence-corrected chi connectivity index (χ2v) is 19.5. The monoisotopic (exact) mass is 1170 g/mol. The van der Waals surface area contributed by atoms with Crippen LogP contribution >= 0.6 is 0 Å². The Bertz CT molecular complexity index is 3370. The average Bonchev–Trinajstić information content (AvgIpc) is 3.55. The summed E-state index contributed by atoms with van der Waals surface area (Å²) in [5.41, 5.74) is 1.93. The molecule has 0 spiro atoms. The van der Waals surface area contributed by atoms with Gasteiger partial charge in [0.1, 0.15) is 0 Å². The molecule has 2 N–H and O–H groups in total. The van der Waals surface area contributed by atoms with Crippen LogP contribution in [0.3, 0.4) is 0 Å². The molecular formula is C63H60F12N2O6. The van der Waals surface area contributed by atoms with Gasteiger partial charge in [-0.2, -0.15) is 71.9 Å². The van der Waals surface area contributed by atoms with Crippen LogP contribution in [-0.2, 0) is 36.4 Å². The van der Waals surface area contributed by atoms with E-state index >= 15 is 0 Å². The molecule has 0 radical (unpaired) electrons. The molecular weight excluding hydrogens is 1110 g/mol. The highest BCUT2D eigenvalue weighted by Crippen LogP contribution is 2.46. The number of nitrogens with zero attached hydrogens (tertiary/aromatic N) is 2. The molecule has 2 aromatic heterocycles. The van der Waals surface area contributed by atoms with Gasteiger partial charge in [0.15, 0.2) is 0 Å². The van der Waals surface area contributed by atoms with Gasteiger partial charge in [-0.3, -0.25) is 9.97 Å². The van der Waals surface area contributed by atoms with Gasteiger partial charge in [-0.1, -0.05) is 107 Å². The van der Waals surface area contributed by atoms with Crippen LogP contribution in [0.1, 0.15) is 127 Å². The van der Waals surface area contributed by atoms with Crippen molar-refractivity contribution in [2.45, 2.75) is 148 Å². The highest BCUT2D eigenvalue weighted by atomic mass is 19.4. The summed E-state index contributed by atoms with van der Waals surface area (Å²) in [6.45, 7) is 19.4. The van der Waals surface area contributed by atoms with Gasteiger partial charge >= 0.3 is 48.2 Å². The number of carbonyl (C=O) groups excluding carboxylic acids is 4. The quantitative estimate of drug-likeness (QED) is 0.0967. The molecule has 0 saturated carbocycles. The molecule has 6 rings (SSSR count). The minimum absolute atomic E-state index is 0.0263. The molecule has 0 atom stereocenters. The number of alkyl halides is 12. The van der Waals surface area contributed by atoms with Crippen molar-refractivity contribution >= 4 is 12.3 Å². The lowest BCUT2D eigenvalue weighted by molar-refractivity contribution is -0.344. The van der Waals surface area contributed by atoms with E-state index in [9.17, 15) is 62.9 Å². The number of aryl methyl sites for hydroxylation is 6. The summed E-state index contributed by atoms with van der Waals surface area (Å²) in [7, 11) is 0. The van der Waals surface area contributed by atoms with E-state index < -0.39 is 46.7 Å². The minimum Gasteiger partial charge on any atom is -0.363 e. The Morgan fingerprint density at radius 1 is 0.410 bits per heavy atom. The third kappa shape index (κ3) is 15.4. The summed E-state index contributed by atoms with van der Waals surface area (Å²) >= 11 is 0. The lowest BCUT2D eigenvalue weighted by atomic mass is 9.69. The number of aromatic nitrogens is 2. The summed E-state index contributed by atoms with van der Waals surface area (Å²) < 4.78 is 156. The van der Waals surface area contributed by atoms with E-state index in [1.807, 2.05) is 91.0 Å². The Labute approximate surface area is 473 Å². The third-order valence-corrected chi connectivity index (χ3v) is 14.6. The minimum atomic E-state index is -6.00. The van der Waals surface area contributed by atoms with Crippen molar-refractivity contribution < 1.29 is 82.1 Å². The molecule has 442 valence electrons. The lowest BCUT2D eigenvalue weighted by Crippen LogP contribution is -2.55. The van der Waals surface area contributed by atoms with E-state index in [-0.39, 0.29) is 23.4 Å². The first-order valence-corrected chi connectivity index (χ1v) is 25.6. The van der Waals surface area contributed by atoms with Crippen molar-refractivity contribution in [2.24, 2.45) is 0 Å². The number of hydrogen-bond acceptors (Lipinski definition) is 8. The summed E-state index contributed by atoms with van der Waals surface area (Å²) in [6.07, 6.45) is -12.5. The van der Waals surface area contributed by atoms with Crippen LogP contribution in [0.4, 0.5) is 52.7 Å². The third-order valence-electron chi connectivity index (χ3n) is 14.6. The lowest BCUT2D eigenvalue weighted by Gasteiger charge is -2.34. The summed E-state index contributed by atoms with van der Waals surface area (Å²) in [6, 6.07) is 26.3. The molecule has 4 aromatic carbocycles. The largest absolute Gasteiger partial charge is 0.438 e. The highest BCUT2D eigenvalue weighted by molar-refractivity contribution is 5.69. The number of hydrogen-bond donors (Lipinski definition) is 2. The maximum Gasteiger partial charge on any atom is 0.438 e. The van der Waals surface area contributed by atoms with Crippen LogP contribution in [-0.4, -0.2) is 68.4 Å². The molecule has 0 unspecified atom stereocenters. The molecule has 20 heteroatoms. The molecule has 0 aliphatic rings. The van der Waals surface area contributed by atoms with E-state index in [1.165, 1.54) is 12.1 Å². The van der Waals surface area contributed by atoms with Gasteiger partial charge in [-0.25, -0.2) is 0 Å². The molecule has 0 aliphatic carbocycles. The molecule has 83 heavy (non-hydrogen) atoms. The van der Waals surface area contributed by atoms with E-state index in [1.54, 1.807) is 44.3 Å². The molecule has 6 aromatic rings. The Morgan fingerprint density at radius 2 is 0.711 bits per heavy atom. The zero-order valence-corrected chi connectivity index (χ0v) is 46.9. The Morgan fingerprint density at radius 3 is 0.988 bits per heavy atom. The van der Waals surface area contributed by atoms with Crippen molar-refractivity contribution in [1.29, 1.82) is 0 Å². The van der Waals surface area contributed by atoms with E-state index in [0.29, 0.717) is 36.8 Å². The van der Waals surface area contributed by atoms with Crippen molar-refractivity contribution in [2.75, 3.05) is 0 Å². The van der Waals surface area contributed by atoms with Gasteiger partial charge in [-0.05, 0) is 170 Å². The highest BCUT2D eigenvalue weighted by Gasteiger charge is 2.71. The zero-order chi connectivity index (χ0) is 63.2. The second-order valence-electron chi connectivity index (χ2n) is 19.5. The number of pyridine rings is 2. The van der Waals surface area contributed by atoms with Crippen molar-refractivity contribution in [3.8, 4) is 45.9 Å². The normalized spacial score (nSPS) is 12.0. The number of halogens is 12. The first-order valence-electron chi connectivity index (χ1n) is 25.6. The molecule has 2 heterocycles. The predicted octanol–water partition coefficient (Wildman–Crippen LogP) is 15.1. The van der Waals surface area contributed by atoms with Crippen molar-refractivity contribution in [3.63, 3.8) is 0 Å². The van der Waals surface area contributed by atoms with Crippen molar-refractivity contribution in [3.05, 3.63) is 176 Å². The fourth-order valence-corrected chi connectivity index (χ4v) is 9.69. The van der Waals surface area contributed by atoms with Crippen LogP contribution in [0.25, 0.3) is 22.3 Å². The SMILES string of the molecule is CCC(CC)(c1ccc(C#CC(O)(C(F)(F)F)C(F)(F)F)c(C)c1)c1ccc(-c2cncc(C)c2)c(C)c1.CCc1cncc(-c2ccc(C(CC)(CC)c3ccc(C#CC(O)(C(F)(F)F)C(F)(F)F)c(C)c3)cc2C)c1.O=C=O.O=C=O. The Kier molecular flexibility index (Phi) is 23.4. The summed E-state index contributed by atoms with van der Waals surface area (Å²) in [5.74, 6) is 5.91. The fourth-order valence-electron chi connectivity index (χ4n) is 9.69. The van der Waals surface area contributed by atoms with Crippen molar-refractivity contribution in [1.82, 2.24) is 9.97 Å². The predicted molar refractivity (Wildman–Crippen MR) is 286 cm³/mol. The number of rotatable bonds is 11. The molecule has 0 fully saturated rings. The van der Waals surface area contributed by atoms with Gasteiger partial charge < -0.3 is 10.2 Å². The van der Waals surface area contributed by atoms with Crippen LogP contribution in [0, 0.1) is 58.3 Å². The van der Waals surface area contributed by atoms with E-state index in [0.717, 1.165) is 85.0 Å². The second kappa shape index (κ2) is 27.9. The first-order chi connectivity index (χ1) is 38.5. The van der Waals surface area contributed by atoms with Gasteiger partial charge in [0, 0.05) is 57.9 Å². The van der Waals surface area contributed by atoms with Crippen LogP contribution in [0.15, 0.2) is 110 Å². The maximum atomic E-state index is 13.0. The molecule has 0 bridgehead atoms. The van der Waals surface area contributed by atoms with E-state index in [2.05, 4.69) is 53.3 Å². The van der Waals surface area contributed by atoms with Gasteiger partial charge in [-0.15, -0.1) is 0 Å². The smallest absolute Gasteiger partial charge is 0.363 e. The number of aliphatic hydroxyl groups is 2. The standard InChI is InChI=1S/C31H31F6NO.C30H29F6NO.2CO2/c1-6-22-17-24(19-38-18-22)27-12-11-26(16-21(27)5)28(7-2,8-3)25-10-9-23(20(4)15-25)13-14-29(39,30(32,33)34)31(35,36)37;1-6-27(7-2,25-10-11-26(21(5)16-25)23-14-19(3)17-37-18-23)24-9-8-22(20(4)15-24)12-13-28(38,29(31,32)33)30(34,35)36;2*2-1-3/h9-12,15-19,39H,6-8H2,1-5H3;8-11,14-18,38H,6-7H2,1-5H3;;. The van der Waals surface area contributed by atoms with Crippen LogP contribution in [0.5, 0.6) is 0 Å². The topological polar surface area (TPSA) is 135 Å². The molecule has 0 aliphatic heterocycles. The Balaban J connectivity index is 0.000000398. The van der Waals surface area contributed by atoms with Gasteiger partial charge in [0.2, 0.25) is 0 Å². The maximum absolute atomic E-state index is 13.0. The Hall–Kier alpha value is -7.86. The number of benzene rings is 4. The fraction of sp³-hybridized carbons (Fsp3) is 0.365. The van der Waals surface area contributed by atoms with Gasteiger partial charge in [0.25, 0.3) is 0 Å². The summed E-state index contributed by atoms with van der Waals surface area (Å²) in [5, 5.41) is 18.7. The molecule has 8 nitrogen and oxygen atoms in total. The summed E-state index contributed by atoms with van der Waals surface area (Å²) in [4.78, 5) is 41.1. The zero-order valence-electron chi connectivity index (χ0n) is 46.9. The average molecular weight is 1170 g/mol.